The molecule has 0 fully saturated rings. The van der Waals surface area contributed by atoms with Gasteiger partial charge in [-0.15, -0.1) is 6.42 Å². The predicted octanol–water partition coefficient (Wildman–Crippen LogP) is 2.61. The fraction of sp³-hybridized carbons (Fsp3) is 0.167. The van der Waals surface area contributed by atoms with E-state index in [1.165, 1.54) is 0 Å². The third-order valence-corrected chi connectivity index (χ3v) is 3.43. The van der Waals surface area contributed by atoms with Crippen molar-refractivity contribution in [3.63, 3.8) is 0 Å². The van der Waals surface area contributed by atoms with Crippen LogP contribution in [0.4, 0.5) is 10.5 Å². The Labute approximate surface area is 132 Å². The molecule has 0 atom stereocenters. The highest BCUT2D eigenvalue weighted by molar-refractivity contribution is 14.1. The van der Waals surface area contributed by atoms with Crippen molar-refractivity contribution in [2.45, 2.75) is 0 Å². The maximum atomic E-state index is 11.9. The second-order valence-corrected chi connectivity index (χ2v) is 5.61. The summed E-state index contributed by atoms with van der Waals surface area (Å²) in [5, 5.41) is 11.3. The minimum absolute atomic E-state index is 0.0698. The van der Waals surface area contributed by atoms with Crippen LogP contribution in [0.2, 0.25) is 0 Å². The monoisotopic (exact) mass is 436 g/mol. The lowest BCUT2D eigenvalue weighted by molar-refractivity contribution is -0.137. The zero-order valence-electron chi connectivity index (χ0n) is 9.69. The lowest BCUT2D eigenvalue weighted by Crippen LogP contribution is -2.39. The minimum Gasteiger partial charge on any atom is -0.480 e. The molecular formula is C12H10BrIN2O3. The molecule has 0 radical (unpaired) electrons. The van der Waals surface area contributed by atoms with Gasteiger partial charge in [-0.3, -0.25) is 4.79 Å². The number of carbonyl (C=O) groups is 2. The number of nitrogens with zero attached hydrogens (tertiary/aromatic N) is 1. The van der Waals surface area contributed by atoms with Gasteiger partial charge in [0.2, 0.25) is 0 Å². The van der Waals surface area contributed by atoms with Crippen molar-refractivity contribution in [3.05, 3.63) is 26.2 Å². The Kier molecular flexibility index (Phi) is 6.11. The Morgan fingerprint density at radius 2 is 2.21 bits per heavy atom. The number of halogens is 2. The number of anilines is 1. The number of carboxylic acid groups (broad SMARTS) is 1. The van der Waals surface area contributed by atoms with E-state index in [0.29, 0.717) is 10.2 Å². The third kappa shape index (κ3) is 5.08. The molecule has 0 spiro atoms. The number of benzene rings is 1. The van der Waals surface area contributed by atoms with Crippen molar-refractivity contribution >= 4 is 56.2 Å². The van der Waals surface area contributed by atoms with E-state index in [2.05, 4.69) is 49.8 Å². The van der Waals surface area contributed by atoms with E-state index in [4.69, 9.17) is 11.5 Å². The number of carbonyl (C=O) groups excluding carboxylic acids is 1. The highest BCUT2D eigenvalue weighted by atomic mass is 127. The molecule has 100 valence electrons. The Balaban J connectivity index is 2.84. The molecule has 0 saturated heterocycles. The van der Waals surface area contributed by atoms with Crippen LogP contribution in [-0.2, 0) is 4.79 Å². The molecule has 1 aromatic rings. The van der Waals surface area contributed by atoms with Crippen LogP contribution in [0.3, 0.4) is 0 Å². The van der Waals surface area contributed by atoms with Crippen molar-refractivity contribution in [1.82, 2.24) is 4.90 Å². The second kappa shape index (κ2) is 7.35. The number of terminal acetylenes is 1. The molecule has 19 heavy (non-hydrogen) atoms. The number of hydrogen-bond acceptors (Lipinski definition) is 2. The molecule has 1 rings (SSSR count). The van der Waals surface area contributed by atoms with Crippen molar-refractivity contribution in [2.24, 2.45) is 0 Å². The van der Waals surface area contributed by atoms with E-state index >= 15 is 0 Å². The number of amides is 2. The summed E-state index contributed by atoms with van der Waals surface area (Å²) in [5.74, 6) is 1.14. The Hall–Kier alpha value is -1.27. The number of nitrogens with one attached hydrogen (secondary N) is 1. The fourth-order valence-electron chi connectivity index (χ4n) is 1.26. The average molecular weight is 437 g/mol. The van der Waals surface area contributed by atoms with Crippen LogP contribution < -0.4 is 5.32 Å². The molecule has 2 N–H and O–H groups in total. The zero-order chi connectivity index (χ0) is 14.4. The summed E-state index contributed by atoms with van der Waals surface area (Å²) in [6, 6.07) is 4.87. The van der Waals surface area contributed by atoms with E-state index in [9.17, 15) is 9.59 Å². The van der Waals surface area contributed by atoms with Gasteiger partial charge < -0.3 is 15.3 Å². The first kappa shape index (κ1) is 15.8. The van der Waals surface area contributed by atoms with Crippen molar-refractivity contribution < 1.29 is 14.7 Å². The van der Waals surface area contributed by atoms with E-state index in [-0.39, 0.29) is 6.54 Å². The van der Waals surface area contributed by atoms with Crippen LogP contribution in [0, 0.1) is 15.9 Å². The number of hydrogen-bond donors (Lipinski definition) is 2. The summed E-state index contributed by atoms with van der Waals surface area (Å²) in [7, 11) is 0. The Morgan fingerprint density at radius 1 is 1.53 bits per heavy atom. The van der Waals surface area contributed by atoms with E-state index in [1.807, 2.05) is 6.07 Å². The SMILES string of the molecule is C#CCN(CC(=O)O)C(=O)Nc1cc(I)ccc1Br. The van der Waals surface area contributed by atoms with Crippen molar-refractivity contribution in [1.29, 1.82) is 0 Å². The molecule has 0 aliphatic heterocycles. The molecule has 0 aromatic heterocycles. The van der Waals surface area contributed by atoms with Crippen LogP contribution >= 0.6 is 38.5 Å². The third-order valence-electron chi connectivity index (χ3n) is 2.07. The maximum Gasteiger partial charge on any atom is 0.323 e. The summed E-state index contributed by atoms with van der Waals surface area (Å²) < 4.78 is 1.65. The largest absolute Gasteiger partial charge is 0.480 e. The quantitative estimate of drug-likeness (QED) is 0.563. The molecule has 1 aromatic carbocycles. The smallest absolute Gasteiger partial charge is 0.323 e. The summed E-state index contributed by atoms with van der Waals surface area (Å²) >= 11 is 5.42. The zero-order valence-corrected chi connectivity index (χ0v) is 13.4. The van der Waals surface area contributed by atoms with Gasteiger partial charge in [-0.2, -0.15) is 0 Å². The summed E-state index contributed by atoms with van der Waals surface area (Å²) in [6.07, 6.45) is 5.12. The highest BCUT2D eigenvalue weighted by Gasteiger charge is 2.16. The maximum absolute atomic E-state index is 11.9. The van der Waals surface area contributed by atoms with Gasteiger partial charge in [0.25, 0.3) is 0 Å². The first-order valence-electron chi connectivity index (χ1n) is 5.10. The van der Waals surface area contributed by atoms with E-state index in [1.54, 1.807) is 12.1 Å². The van der Waals surface area contributed by atoms with Gasteiger partial charge in [-0.25, -0.2) is 4.79 Å². The highest BCUT2D eigenvalue weighted by Crippen LogP contribution is 2.24. The van der Waals surface area contributed by atoms with Gasteiger partial charge in [-0.05, 0) is 56.7 Å². The van der Waals surface area contributed by atoms with Crippen molar-refractivity contribution in [2.75, 3.05) is 18.4 Å². The molecule has 7 heteroatoms. The molecule has 0 heterocycles. The molecule has 0 aliphatic rings. The summed E-state index contributed by atoms with van der Waals surface area (Å²) in [4.78, 5) is 23.6. The van der Waals surface area contributed by atoms with Crippen LogP contribution in [0.15, 0.2) is 22.7 Å². The lowest BCUT2D eigenvalue weighted by Gasteiger charge is -2.19. The van der Waals surface area contributed by atoms with Crippen LogP contribution in [0.5, 0.6) is 0 Å². The van der Waals surface area contributed by atoms with Crippen molar-refractivity contribution in [3.8, 4) is 12.3 Å². The van der Waals surface area contributed by atoms with Gasteiger partial charge in [0.15, 0.2) is 0 Å². The lowest BCUT2D eigenvalue weighted by atomic mass is 10.3. The molecular weight excluding hydrogens is 427 g/mol. The van der Waals surface area contributed by atoms with Crippen LogP contribution in [0.1, 0.15) is 0 Å². The average Bonchev–Trinajstić information content (AvgIpc) is 2.32. The fourth-order valence-corrected chi connectivity index (χ4v) is 2.10. The molecule has 2 amide bonds. The normalized spacial score (nSPS) is 9.53. The van der Waals surface area contributed by atoms with Crippen LogP contribution in [0.25, 0.3) is 0 Å². The van der Waals surface area contributed by atoms with Gasteiger partial charge in [-0.1, -0.05) is 5.92 Å². The number of urea groups is 1. The minimum atomic E-state index is -1.12. The van der Waals surface area contributed by atoms with E-state index < -0.39 is 18.5 Å². The second-order valence-electron chi connectivity index (χ2n) is 3.51. The number of rotatable bonds is 4. The Morgan fingerprint density at radius 3 is 2.79 bits per heavy atom. The van der Waals surface area contributed by atoms with Gasteiger partial charge in [0, 0.05) is 8.04 Å². The Bertz CT molecular complexity index is 542. The predicted molar refractivity (Wildman–Crippen MR) is 83.9 cm³/mol. The van der Waals surface area contributed by atoms with Crippen LogP contribution in [-0.4, -0.2) is 35.1 Å². The van der Waals surface area contributed by atoms with Gasteiger partial charge in [0.1, 0.15) is 6.54 Å². The van der Waals surface area contributed by atoms with Gasteiger partial charge >= 0.3 is 12.0 Å². The standard InChI is InChI=1S/C12H10BrIN2O3/c1-2-5-16(7-11(17)18)12(19)15-10-6-8(14)3-4-9(10)13/h1,3-4,6H,5,7H2,(H,15,19)(H,17,18). The molecule has 0 aliphatic carbocycles. The summed E-state index contributed by atoms with van der Waals surface area (Å²) in [5.41, 5.74) is 0.560. The number of aliphatic carboxylic acids is 1. The molecule has 5 nitrogen and oxygen atoms in total. The topological polar surface area (TPSA) is 69.6 Å². The van der Waals surface area contributed by atoms with Gasteiger partial charge in [0.05, 0.1) is 12.2 Å². The first-order valence-corrected chi connectivity index (χ1v) is 6.97. The molecule has 0 unspecified atom stereocenters. The van der Waals surface area contributed by atoms with E-state index in [0.717, 1.165) is 8.47 Å². The first-order chi connectivity index (χ1) is 8.93. The number of carboxylic acids is 1. The molecule has 0 bridgehead atoms. The molecule has 0 saturated carbocycles. The summed E-state index contributed by atoms with van der Waals surface area (Å²) in [6.45, 7) is -0.517.